The van der Waals surface area contributed by atoms with Crippen LogP contribution in [0.2, 0.25) is 0 Å². The van der Waals surface area contributed by atoms with Gasteiger partial charge in [-0.3, -0.25) is 4.52 Å². The summed E-state index contributed by atoms with van der Waals surface area (Å²) in [6.07, 6.45) is -5.08. The van der Waals surface area contributed by atoms with Gasteiger partial charge < -0.3 is 9.26 Å². The molecule has 0 amide bonds. The summed E-state index contributed by atoms with van der Waals surface area (Å²) in [6.45, 7) is 2.23. The average Bonchev–Trinajstić information content (AvgIpc) is 2.82. The second-order valence-corrected chi connectivity index (χ2v) is 9.15. The maximum absolute atomic E-state index is 13.6. The molecule has 0 bridgehead atoms. The number of hydrogen-bond acceptors (Lipinski definition) is 4. The molecule has 0 fully saturated rings. The van der Waals surface area contributed by atoms with Crippen molar-refractivity contribution in [2.75, 3.05) is 20.2 Å². The molecular formula is C24H25F3NO4P. The number of likely N-dealkylation sites (N-methyl/N-ethyl adjacent to an activating group) is 1. The summed E-state index contributed by atoms with van der Waals surface area (Å²) in [4.78, 5) is 0. The fourth-order valence-electron chi connectivity index (χ4n) is 3.18. The Labute approximate surface area is 191 Å². The molecule has 2 unspecified atom stereocenters. The molecule has 2 atom stereocenters. The quantitative estimate of drug-likeness (QED) is 0.294. The van der Waals surface area contributed by atoms with Gasteiger partial charge in [0, 0.05) is 13.7 Å². The Bertz CT molecular complexity index is 1050. The molecule has 0 heterocycles. The SMILES string of the molecule is CCN(CC(Oc1ccc(C(F)(F)F)cc1)c1ccccc1)P(=O)(OC)Oc1ccccc1. The Morgan fingerprint density at radius 2 is 1.45 bits per heavy atom. The second kappa shape index (κ2) is 10.9. The van der Waals surface area contributed by atoms with E-state index in [4.69, 9.17) is 13.8 Å². The molecule has 0 aliphatic carbocycles. The van der Waals surface area contributed by atoms with E-state index >= 15 is 0 Å². The van der Waals surface area contributed by atoms with Crippen LogP contribution in [0.4, 0.5) is 13.2 Å². The molecule has 9 heteroatoms. The van der Waals surface area contributed by atoms with E-state index in [1.165, 1.54) is 23.9 Å². The van der Waals surface area contributed by atoms with Crippen LogP contribution in [-0.4, -0.2) is 24.9 Å². The number of para-hydroxylation sites is 1. The zero-order valence-corrected chi connectivity index (χ0v) is 19.1. The number of benzene rings is 3. The average molecular weight is 479 g/mol. The summed E-state index contributed by atoms with van der Waals surface area (Å²) in [5.74, 6) is 0.644. The van der Waals surface area contributed by atoms with Gasteiger partial charge >= 0.3 is 13.9 Å². The first-order valence-corrected chi connectivity index (χ1v) is 11.8. The van der Waals surface area contributed by atoms with Crippen LogP contribution in [0.5, 0.6) is 11.5 Å². The lowest BCUT2D eigenvalue weighted by Crippen LogP contribution is -2.30. The summed E-state index contributed by atoms with van der Waals surface area (Å²) in [5.41, 5.74) is -0.000321. The predicted octanol–water partition coefficient (Wildman–Crippen LogP) is 6.98. The summed E-state index contributed by atoms with van der Waals surface area (Å²) < 4.78 is 70.9. The second-order valence-electron chi connectivity index (χ2n) is 7.10. The Balaban J connectivity index is 1.86. The van der Waals surface area contributed by atoms with Crippen molar-refractivity contribution in [2.45, 2.75) is 19.2 Å². The minimum absolute atomic E-state index is 0.111. The summed E-state index contributed by atoms with van der Waals surface area (Å²) in [7, 11) is -2.43. The van der Waals surface area contributed by atoms with Crippen LogP contribution in [-0.2, 0) is 15.3 Å². The molecule has 3 rings (SSSR count). The van der Waals surface area contributed by atoms with Crippen LogP contribution in [0.3, 0.4) is 0 Å². The fourth-order valence-corrected chi connectivity index (χ4v) is 4.69. The third kappa shape index (κ3) is 6.60. The number of alkyl halides is 3. The molecule has 3 aromatic rings. The molecular weight excluding hydrogens is 454 g/mol. The molecule has 0 N–H and O–H groups in total. The van der Waals surface area contributed by atoms with E-state index in [-0.39, 0.29) is 12.3 Å². The van der Waals surface area contributed by atoms with E-state index < -0.39 is 25.6 Å². The van der Waals surface area contributed by atoms with Crippen LogP contribution in [0.1, 0.15) is 24.2 Å². The first-order valence-electron chi connectivity index (χ1n) is 10.3. The van der Waals surface area contributed by atoms with E-state index in [1.54, 1.807) is 31.2 Å². The summed E-state index contributed by atoms with van der Waals surface area (Å²) in [6, 6.07) is 22.3. The zero-order valence-electron chi connectivity index (χ0n) is 18.2. The highest BCUT2D eigenvalue weighted by Gasteiger charge is 2.36. The molecule has 33 heavy (non-hydrogen) atoms. The van der Waals surface area contributed by atoms with Gasteiger partial charge in [-0.15, -0.1) is 0 Å². The van der Waals surface area contributed by atoms with Gasteiger partial charge in [-0.25, -0.2) is 4.57 Å². The van der Waals surface area contributed by atoms with Crippen LogP contribution in [0, 0.1) is 0 Å². The Hall–Kier alpha value is -2.80. The summed E-state index contributed by atoms with van der Waals surface area (Å²) >= 11 is 0. The number of halogens is 3. The van der Waals surface area contributed by atoms with E-state index in [2.05, 4.69) is 0 Å². The third-order valence-corrected chi connectivity index (χ3v) is 6.96. The lowest BCUT2D eigenvalue weighted by atomic mass is 10.1. The highest BCUT2D eigenvalue weighted by Crippen LogP contribution is 2.51. The molecule has 0 aliphatic rings. The smallest absolute Gasteiger partial charge is 0.461 e. The molecule has 0 saturated carbocycles. The molecule has 5 nitrogen and oxygen atoms in total. The Morgan fingerprint density at radius 1 is 0.879 bits per heavy atom. The zero-order chi connectivity index (χ0) is 23.9. The fraction of sp³-hybridized carbons (Fsp3) is 0.250. The van der Waals surface area contributed by atoms with Gasteiger partial charge in [0.05, 0.1) is 12.1 Å². The van der Waals surface area contributed by atoms with Crippen LogP contribution < -0.4 is 9.26 Å². The molecule has 3 aromatic carbocycles. The molecule has 0 radical (unpaired) electrons. The topological polar surface area (TPSA) is 48.0 Å². The molecule has 176 valence electrons. The normalized spacial score (nSPS) is 14.5. The largest absolute Gasteiger partial charge is 0.484 e. The van der Waals surface area contributed by atoms with Crippen molar-refractivity contribution in [3.63, 3.8) is 0 Å². The third-order valence-electron chi connectivity index (χ3n) is 4.91. The summed E-state index contributed by atoms with van der Waals surface area (Å²) in [5, 5.41) is 0. The van der Waals surface area contributed by atoms with Gasteiger partial charge in [0.15, 0.2) is 0 Å². The number of hydrogen-bond donors (Lipinski definition) is 0. The Kier molecular flexibility index (Phi) is 8.19. The van der Waals surface area contributed by atoms with Crippen molar-refractivity contribution in [3.8, 4) is 11.5 Å². The minimum Gasteiger partial charge on any atom is -0.484 e. The van der Waals surface area contributed by atoms with Crippen LogP contribution in [0.25, 0.3) is 0 Å². The van der Waals surface area contributed by atoms with E-state index in [0.717, 1.165) is 17.7 Å². The van der Waals surface area contributed by atoms with Gasteiger partial charge in [0.1, 0.15) is 17.6 Å². The highest BCUT2D eigenvalue weighted by atomic mass is 31.2. The van der Waals surface area contributed by atoms with Crippen molar-refractivity contribution in [3.05, 3.63) is 96.1 Å². The maximum atomic E-state index is 13.6. The van der Waals surface area contributed by atoms with Gasteiger partial charge in [-0.05, 0) is 42.0 Å². The van der Waals surface area contributed by atoms with Crippen molar-refractivity contribution < 1.29 is 31.5 Å². The van der Waals surface area contributed by atoms with E-state index in [0.29, 0.717) is 12.3 Å². The van der Waals surface area contributed by atoms with E-state index in [1.807, 2.05) is 36.4 Å². The van der Waals surface area contributed by atoms with Crippen molar-refractivity contribution in [1.82, 2.24) is 4.67 Å². The van der Waals surface area contributed by atoms with E-state index in [9.17, 15) is 17.7 Å². The molecule has 0 spiro atoms. The Morgan fingerprint density at radius 3 is 1.97 bits per heavy atom. The van der Waals surface area contributed by atoms with Crippen LogP contribution in [0.15, 0.2) is 84.9 Å². The molecule has 0 saturated heterocycles. The van der Waals surface area contributed by atoms with Gasteiger partial charge in [0.25, 0.3) is 0 Å². The molecule has 0 aromatic heterocycles. The van der Waals surface area contributed by atoms with Gasteiger partial charge in [-0.1, -0.05) is 55.5 Å². The first kappa shape index (κ1) is 24.8. The van der Waals surface area contributed by atoms with Crippen LogP contribution >= 0.6 is 7.75 Å². The predicted molar refractivity (Wildman–Crippen MR) is 120 cm³/mol. The van der Waals surface area contributed by atoms with Crippen molar-refractivity contribution in [1.29, 1.82) is 0 Å². The van der Waals surface area contributed by atoms with Gasteiger partial charge in [-0.2, -0.15) is 17.8 Å². The van der Waals surface area contributed by atoms with Gasteiger partial charge in [0.2, 0.25) is 0 Å². The van der Waals surface area contributed by atoms with Crippen molar-refractivity contribution in [2.24, 2.45) is 0 Å². The lowest BCUT2D eigenvalue weighted by Gasteiger charge is -2.31. The van der Waals surface area contributed by atoms with Crippen molar-refractivity contribution >= 4 is 7.75 Å². The standard InChI is InChI=1S/C24H25F3NO4P/c1-3-28(33(29,30-2)32-22-12-8-5-9-13-22)18-23(19-10-6-4-7-11-19)31-21-16-14-20(15-17-21)24(25,26)27/h4-17,23H,3,18H2,1-2H3. The monoisotopic (exact) mass is 479 g/mol. The first-order chi connectivity index (χ1) is 15.7. The highest BCUT2D eigenvalue weighted by molar-refractivity contribution is 7.51. The molecule has 0 aliphatic heterocycles. The number of rotatable bonds is 10. The number of ether oxygens (including phenoxy) is 1. The maximum Gasteiger partial charge on any atom is 0.461 e. The number of nitrogens with zero attached hydrogens (tertiary/aromatic N) is 1. The lowest BCUT2D eigenvalue weighted by molar-refractivity contribution is -0.137. The minimum atomic E-state index is -4.43.